The van der Waals surface area contributed by atoms with Crippen molar-refractivity contribution in [3.05, 3.63) is 27.1 Å². The molecule has 1 fully saturated rings. The predicted molar refractivity (Wildman–Crippen MR) is 74.9 cm³/mol. The molecular weight excluding hydrogens is 272 g/mol. The Morgan fingerprint density at radius 3 is 2.72 bits per heavy atom. The number of thiophene rings is 1. The fourth-order valence-electron chi connectivity index (χ4n) is 2.03. The molecule has 8 heteroatoms. The second-order valence-electron chi connectivity index (χ2n) is 4.02. The van der Waals surface area contributed by atoms with Crippen LogP contribution >= 0.6 is 23.6 Å². The average molecular weight is 286 g/mol. The summed E-state index contributed by atoms with van der Waals surface area (Å²) < 4.78 is 0. The lowest BCUT2D eigenvalue weighted by atomic mass is 10.2. The zero-order valence-corrected chi connectivity index (χ0v) is 11.3. The molecule has 0 bridgehead atoms. The van der Waals surface area contributed by atoms with Crippen molar-refractivity contribution in [3.63, 3.8) is 0 Å². The van der Waals surface area contributed by atoms with Crippen molar-refractivity contribution in [3.8, 4) is 0 Å². The summed E-state index contributed by atoms with van der Waals surface area (Å²) in [5, 5.41) is 14.1. The maximum atomic E-state index is 10.7. The molecule has 1 aromatic rings. The van der Waals surface area contributed by atoms with Crippen LogP contribution in [0.25, 0.3) is 0 Å². The van der Waals surface area contributed by atoms with Gasteiger partial charge in [0.25, 0.3) is 0 Å². The zero-order valence-electron chi connectivity index (χ0n) is 9.67. The molecule has 0 spiro atoms. The first kappa shape index (κ1) is 13.3. The highest BCUT2D eigenvalue weighted by atomic mass is 32.1. The van der Waals surface area contributed by atoms with E-state index in [1.54, 1.807) is 6.07 Å². The molecule has 0 saturated carbocycles. The molecule has 0 aromatic carbocycles. The van der Waals surface area contributed by atoms with Gasteiger partial charge in [-0.05, 0) is 6.07 Å². The van der Waals surface area contributed by atoms with Gasteiger partial charge >= 0.3 is 5.00 Å². The fourth-order valence-corrected chi connectivity index (χ4v) is 3.35. The highest BCUT2D eigenvalue weighted by molar-refractivity contribution is 7.80. The lowest BCUT2D eigenvalue weighted by Crippen LogP contribution is -2.47. The predicted octanol–water partition coefficient (Wildman–Crippen LogP) is 0.889. The average Bonchev–Trinajstić information content (AvgIpc) is 2.79. The number of thiocarbonyl (C=S) groups is 1. The first-order chi connectivity index (χ1) is 8.59. The van der Waals surface area contributed by atoms with Crippen molar-refractivity contribution >= 4 is 33.5 Å². The normalized spacial score (nSPS) is 18.4. The van der Waals surface area contributed by atoms with Gasteiger partial charge in [-0.25, -0.2) is 0 Å². The largest absolute Gasteiger partial charge is 0.392 e. The lowest BCUT2D eigenvalue weighted by Gasteiger charge is -2.33. The Morgan fingerprint density at radius 1 is 1.56 bits per heavy atom. The molecule has 0 amide bonds. The Balaban J connectivity index is 2.22. The van der Waals surface area contributed by atoms with Crippen LogP contribution in [0.3, 0.4) is 0 Å². The molecular formula is C10H14N4O2S2. The third kappa shape index (κ3) is 2.83. The molecule has 18 heavy (non-hydrogen) atoms. The van der Waals surface area contributed by atoms with E-state index in [-0.39, 0.29) is 16.0 Å². The van der Waals surface area contributed by atoms with E-state index in [1.165, 1.54) is 6.07 Å². The van der Waals surface area contributed by atoms with E-state index >= 15 is 0 Å². The van der Waals surface area contributed by atoms with Crippen LogP contribution in [0.4, 0.5) is 5.00 Å². The van der Waals surface area contributed by atoms with Crippen LogP contribution in [-0.2, 0) is 0 Å². The van der Waals surface area contributed by atoms with E-state index in [4.69, 9.17) is 18.0 Å². The number of hydrogen-bond donors (Lipinski definition) is 2. The zero-order chi connectivity index (χ0) is 13.1. The van der Waals surface area contributed by atoms with Crippen LogP contribution < -0.4 is 11.1 Å². The summed E-state index contributed by atoms with van der Waals surface area (Å²) in [6.45, 7) is 3.45. The SMILES string of the molecule is NC(=S)C(c1ccc([N+](=O)[O-])s1)N1CCNCC1. The molecule has 3 N–H and O–H groups in total. The van der Waals surface area contributed by atoms with Gasteiger partial charge in [0, 0.05) is 37.1 Å². The number of nitro groups is 1. The van der Waals surface area contributed by atoms with Gasteiger partial charge in [-0.15, -0.1) is 0 Å². The molecule has 6 nitrogen and oxygen atoms in total. The van der Waals surface area contributed by atoms with Crippen LogP contribution in [0.2, 0.25) is 0 Å². The van der Waals surface area contributed by atoms with Crippen molar-refractivity contribution in [2.24, 2.45) is 5.73 Å². The summed E-state index contributed by atoms with van der Waals surface area (Å²) in [6, 6.07) is 3.06. The van der Waals surface area contributed by atoms with Crippen molar-refractivity contribution in [1.29, 1.82) is 0 Å². The Labute approximate surface area is 114 Å². The fraction of sp³-hybridized carbons (Fsp3) is 0.500. The van der Waals surface area contributed by atoms with E-state index in [2.05, 4.69) is 10.2 Å². The van der Waals surface area contributed by atoms with Crippen molar-refractivity contribution in [2.75, 3.05) is 26.2 Å². The molecule has 1 unspecified atom stereocenters. The lowest BCUT2D eigenvalue weighted by molar-refractivity contribution is -0.380. The van der Waals surface area contributed by atoms with Gasteiger partial charge in [0.1, 0.15) is 0 Å². The molecule has 1 saturated heterocycles. The van der Waals surface area contributed by atoms with Crippen molar-refractivity contribution in [1.82, 2.24) is 10.2 Å². The van der Waals surface area contributed by atoms with Gasteiger partial charge in [0.15, 0.2) is 0 Å². The van der Waals surface area contributed by atoms with E-state index in [0.29, 0.717) is 4.99 Å². The maximum Gasteiger partial charge on any atom is 0.324 e. The maximum absolute atomic E-state index is 10.7. The van der Waals surface area contributed by atoms with Crippen LogP contribution in [0.1, 0.15) is 10.9 Å². The minimum atomic E-state index is -0.386. The number of piperazine rings is 1. The summed E-state index contributed by atoms with van der Waals surface area (Å²) >= 11 is 6.25. The van der Waals surface area contributed by atoms with Gasteiger partial charge in [0.2, 0.25) is 0 Å². The molecule has 98 valence electrons. The third-order valence-electron chi connectivity index (χ3n) is 2.85. The van der Waals surface area contributed by atoms with E-state index in [0.717, 1.165) is 42.4 Å². The highest BCUT2D eigenvalue weighted by Gasteiger charge is 2.27. The van der Waals surface area contributed by atoms with Crippen molar-refractivity contribution < 1.29 is 4.92 Å². The van der Waals surface area contributed by atoms with Crippen LogP contribution in [0.5, 0.6) is 0 Å². The number of rotatable bonds is 4. The van der Waals surface area contributed by atoms with E-state index in [1.807, 2.05) is 0 Å². The Kier molecular flexibility index (Phi) is 4.23. The number of hydrogen-bond acceptors (Lipinski definition) is 6. The smallest absolute Gasteiger partial charge is 0.324 e. The van der Waals surface area contributed by atoms with Crippen molar-refractivity contribution in [2.45, 2.75) is 6.04 Å². The Morgan fingerprint density at radius 2 is 2.22 bits per heavy atom. The van der Waals surface area contributed by atoms with Crippen LogP contribution in [0.15, 0.2) is 12.1 Å². The molecule has 1 aromatic heterocycles. The third-order valence-corrected chi connectivity index (χ3v) is 4.16. The highest BCUT2D eigenvalue weighted by Crippen LogP contribution is 2.32. The summed E-state index contributed by atoms with van der Waals surface area (Å²) in [5.74, 6) is 0. The molecule has 2 heterocycles. The van der Waals surface area contributed by atoms with Crippen LogP contribution in [0, 0.1) is 10.1 Å². The van der Waals surface area contributed by atoms with Crippen LogP contribution in [-0.4, -0.2) is 41.0 Å². The molecule has 1 aliphatic rings. The second kappa shape index (κ2) is 5.70. The minimum Gasteiger partial charge on any atom is -0.392 e. The molecule has 0 radical (unpaired) electrons. The summed E-state index contributed by atoms with van der Waals surface area (Å²) in [6.07, 6.45) is 0. The monoisotopic (exact) mass is 286 g/mol. The first-order valence-corrected chi connectivity index (χ1v) is 6.80. The molecule has 1 aliphatic heterocycles. The summed E-state index contributed by atoms with van der Waals surface area (Å²) in [7, 11) is 0. The molecule has 1 atom stereocenters. The standard InChI is InChI=1S/C10H14N4O2S2/c11-10(17)9(13-5-3-12-4-6-13)7-1-2-8(18-7)14(15)16/h1-2,9,12H,3-6H2,(H2,11,17). The van der Waals surface area contributed by atoms with Gasteiger partial charge in [-0.3, -0.25) is 15.0 Å². The Hall–Kier alpha value is -1.09. The summed E-state index contributed by atoms with van der Waals surface area (Å²) in [5.41, 5.74) is 5.79. The summed E-state index contributed by atoms with van der Waals surface area (Å²) in [4.78, 5) is 13.7. The minimum absolute atomic E-state index is 0.126. The molecule has 2 rings (SSSR count). The van der Waals surface area contributed by atoms with Gasteiger partial charge in [0.05, 0.1) is 16.0 Å². The number of nitrogens with zero attached hydrogens (tertiary/aromatic N) is 2. The number of nitrogens with one attached hydrogen (secondary N) is 1. The first-order valence-electron chi connectivity index (χ1n) is 5.58. The van der Waals surface area contributed by atoms with E-state index in [9.17, 15) is 10.1 Å². The second-order valence-corrected chi connectivity index (χ2v) is 5.59. The van der Waals surface area contributed by atoms with Gasteiger partial charge in [-0.1, -0.05) is 23.6 Å². The Bertz CT molecular complexity index is 456. The quantitative estimate of drug-likeness (QED) is 0.486. The van der Waals surface area contributed by atoms with E-state index < -0.39 is 0 Å². The van der Waals surface area contributed by atoms with Gasteiger partial charge < -0.3 is 11.1 Å². The topological polar surface area (TPSA) is 84.4 Å². The van der Waals surface area contributed by atoms with Gasteiger partial charge in [-0.2, -0.15) is 0 Å². The number of nitrogens with two attached hydrogens (primary N) is 1. The molecule has 0 aliphatic carbocycles.